The number of nitro benzene ring substituents is 1. The molecular formula is C46H52ClN7O7S. The smallest absolute Gasteiger partial charge is 0.293 e. The normalized spacial score (nSPS) is 18.1. The van der Waals surface area contributed by atoms with Crippen molar-refractivity contribution in [2.75, 3.05) is 62.7 Å². The zero-order chi connectivity index (χ0) is 43.6. The molecule has 1 aliphatic carbocycles. The second kappa shape index (κ2) is 17.7. The number of carbonyl (C=O) groups excluding carboxylic acids is 1. The van der Waals surface area contributed by atoms with Crippen molar-refractivity contribution in [2.45, 2.75) is 56.4 Å². The molecule has 3 aliphatic rings. The molecule has 14 nitrogen and oxygen atoms in total. The SMILES string of the molecule is CC1(C)CCC(CN2CCN(c3ccc(C(=O)NS(=O)(=O)c4ccc(NCC5(N)CCOCC5)c([N+](=O)[O-])c4)c(Oc4cccc5[nH]ccc45)c3)CC2)=C(c2ccc(Cl)cc2)C1. The van der Waals surface area contributed by atoms with Gasteiger partial charge in [-0.25, -0.2) is 13.1 Å². The van der Waals surface area contributed by atoms with E-state index in [2.05, 4.69) is 50.8 Å². The van der Waals surface area contributed by atoms with Gasteiger partial charge in [0.15, 0.2) is 0 Å². The predicted molar refractivity (Wildman–Crippen MR) is 243 cm³/mol. The number of nitrogens with zero attached hydrogens (tertiary/aromatic N) is 3. The Morgan fingerprint density at radius 3 is 2.47 bits per heavy atom. The van der Waals surface area contributed by atoms with Crippen LogP contribution in [-0.4, -0.2) is 87.2 Å². The number of benzene rings is 4. The minimum absolute atomic E-state index is 0.0251. The van der Waals surface area contributed by atoms with Crippen LogP contribution in [0.15, 0.2) is 102 Å². The Bertz CT molecular complexity index is 2620. The number of fused-ring (bicyclic) bond motifs is 1. The van der Waals surface area contributed by atoms with Crippen LogP contribution in [0.2, 0.25) is 5.02 Å². The first-order chi connectivity index (χ1) is 29.7. The number of sulfonamides is 1. The number of aromatic nitrogens is 1. The molecule has 5 N–H and O–H groups in total. The summed E-state index contributed by atoms with van der Waals surface area (Å²) in [6.45, 7) is 9.85. The van der Waals surface area contributed by atoms with Crippen LogP contribution in [0.4, 0.5) is 17.1 Å². The highest BCUT2D eigenvalue weighted by Crippen LogP contribution is 2.44. The number of anilines is 2. The largest absolute Gasteiger partial charge is 0.456 e. The maximum Gasteiger partial charge on any atom is 0.293 e. The highest BCUT2D eigenvalue weighted by atomic mass is 35.5. The molecule has 0 atom stereocenters. The van der Waals surface area contributed by atoms with Crippen molar-refractivity contribution in [3.8, 4) is 11.5 Å². The summed E-state index contributed by atoms with van der Waals surface area (Å²) in [5.41, 5.74) is 11.4. The lowest BCUT2D eigenvalue weighted by atomic mass is 9.72. The third kappa shape index (κ3) is 9.77. The number of amides is 1. The van der Waals surface area contributed by atoms with Gasteiger partial charge in [-0.1, -0.05) is 49.2 Å². The van der Waals surface area contributed by atoms with Gasteiger partial charge in [-0.15, -0.1) is 0 Å². The molecule has 2 aliphatic heterocycles. The van der Waals surface area contributed by atoms with Gasteiger partial charge in [0.1, 0.15) is 17.2 Å². The van der Waals surface area contributed by atoms with Crippen molar-refractivity contribution in [3.05, 3.63) is 123 Å². The molecule has 5 aromatic rings. The highest BCUT2D eigenvalue weighted by molar-refractivity contribution is 7.90. The third-order valence-electron chi connectivity index (χ3n) is 12.3. The van der Waals surface area contributed by atoms with E-state index in [0.717, 1.165) is 79.7 Å². The maximum atomic E-state index is 14.0. The quantitative estimate of drug-likeness (QED) is 0.0658. The Morgan fingerprint density at radius 2 is 1.73 bits per heavy atom. The second-order valence-corrected chi connectivity index (χ2v) is 19.5. The lowest BCUT2D eigenvalue weighted by Crippen LogP contribution is -2.50. The number of carbonyl (C=O) groups is 1. The number of hydrogen-bond donors (Lipinski definition) is 4. The van der Waals surface area contributed by atoms with Gasteiger partial charge < -0.3 is 30.4 Å². The number of nitro groups is 1. The lowest BCUT2D eigenvalue weighted by molar-refractivity contribution is -0.384. The van der Waals surface area contributed by atoms with Crippen LogP contribution < -0.4 is 25.4 Å². The Hall–Kier alpha value is -5.45. The fourth-order valence-electron chi connectivity index (χ4n) is 8.58. The van der Waals surface area contributed by atoms with E-state index in [0.29, 0.717) is 31.8 Å². The summed E-state index contributed by atoms with van der Waals surface area (Å²) >= 11 is 6.24. The molecule has 1 amide bonds. The van der Waals surface area contributed by atoms with Crippen molar-refractivity contribution in [2.24, 2.45) is 11.1 Å². The number of piperazine rings is 1. The summed E-state index contributed by atoms with van der Waals surface area (Å²) in [7, 11) is -4.58. The maximum absolute atomic E-state index is 14.0. The summed E-state index contributed by atoms with van der Waals surface area (Å²) in [5, 5.41) is 16.7. The van der Waals surface area contributed by atoms with Crippen LogP contribution >= 0.6 is 11.6 Å². The Balaban J connectivity index is 1.01. The molecule has 8 rings (SSSR count). The Morgan fingerprint density at radius 1 is 0.968 bits per heavy atom. The second-order valence-electron chi connectivity index (χ2n) is 17.4. The molecule has 2 saturated heterocycles. The number of H-pyrrole nitrogens is 1. The molecule has 16 heteroatoms. The van der Waals surface area contributed by atoms with E-state index < -0.39 is 37.0 Å². The van der Waals surface area contributed by atoms with Gasteiger partial charge in [-0.05, 0) is 103 Å². The summed E-state index contributed by atoms with van der Waals surface area (Å²) in [4.78, 5) is 32.9. The first kappa shape index (κ1) is 43.2. The molecule has 4 aromatic carbocycles. The molecule has 0 bridgehead atoms. The predicted octanol–water partition coefficient (Wildman–Crippen LogP) is 8.35. The lowest BCUT2D eigenvalue weighted by Gasteiger charge is -2.39. The summed E-state index contributed by atoms with van der Waals surface area (Å²) in [5.74, 6) is -0.322. The average Bonchev–Trinajstić information content (AvgIpc) is 3.74. The average molecular weight is 882 g/mol. The monoisotopic (exact) mass is 881 g/mol. The molecule has 0 spiro atoms. The minimum Gasteiger partial charge on any atom is -0.456 e. The number of hydrogen-bond acceptors (Lipinski definition) is 11. The summed E-state index contributed by atoms with van der Waals surface area (Å²) in [6, 6.07) is 24.1. The first-order valence-electron chi connectivity index (χ1n) is 20.9. The van der Waals surface area contributed by atoms with Crippen LogP contribution in [0.5, 0.6) is 11.5 Å². The van der Waals surface area contributed by atoms with Crippen LogP contribution in [0.3, 0.4) is 0 Å². The zero-order valence-electron chi connectivity index (χ0n) is 34.9. The van der Waals surface area contributed by atoms with Gasteiger partial charge in [0.2, 0.25) is 0 Å². The van der Waals surface area contributed by atoms with Gasteiger partial charge in [-0.2, -0.15) is 0 Å². The van der Waals surface area contributed by atoms with Gasteiger partial charge in [0, 0.05) is 98.0 Å². The van der Waals surface area contributed by atoms with Crippen molar-refractivity contribution < 1.29 is 27.6 Å². The Labute approximate surface area is 366 Å². The summed E-state index contributed by atoms with van der Waals surface area (Å²) < 4.78 is 41.4. The van der Waals surface area contributed by atoms with E-state index in [9.17, 15) is 23.3 Å². The van der Waals surface area contributed by atoms with Gasteiger partial charge in [0.25, 0.3) is 21.6 Å². The number of ether oxygens (including phenoxy) is 2. The van der Waals surface area contributed by atoms with E-state index in [1.807, 2.05) is 30.3 Å². The number of rotatable bonds is 13. The standard InChI is InChI=1S/C46H52ClN7O7S/c1-45(2)16-14-32(38(28-45)31-6-8-33(47)9-7-31)29-52-20-22-53(23-21-52)34-10-12-37(43(26-34)61-42-5-3-4-39-36(42)15-19-49-39)44(55)51-62(58,59)35-11-13-40(41(27-35)54(56)57)50-30-46(48)17-24-60-25-18-46/h3-13,15,19,26-27,49-50H,14,16-18,20-25,28-30,48H2,1-2H3,(H,51,55). The molecule has 0 unspecified atom stereocenters. The third-order valence-corrected chi connectivity index (χ3v) is 13.9. The molecule has 326 valence electrons. The number of nitrogens with two attached hydrogens (primary N) is 1. The van der Waals surface area contributed by atoms with Crippen LogP contribution in [-0.2, 0) is 14.8 Å². The van der Waals surface area contributed by atoms with Gasteiger partial charge in [-0.3, -0.25) is 19.8 Å². The van der Waals surface area contributed by atoms with E-state index in [1.54, 1.807) is 30.5 Å². The van der Waals surface area contributed by atoms with Crippen molar-refractivity contribution in [3.63, 3.8) is 0 Å². The van der Waals surface area contributed by atoms with Crippen LogP contribution in [0, 0.1) is 15.5 Å². The van der Waals surface area contributed by atoms with E-state index in [-0.39, 0.29) is 29.0 Å². The fourth-order valence-corrected chi connectivity index (χ4v) is 9.69. The molecular weight excluding hydrogens is 830 g/mol. The molecule has 1 aromatic heterocycles. The number of aromatic amines is 1. The molecule has 62 heavy (non-hydrogen) atoms. The van der Waals surface area contributed by atoms with Crippen LogP contribution in [0.1, 0.15) is 61.9 Å². The van der Waals surface area contributed by atoms with E-state index >= 15 is 0 Å². The molecule has 0 radical (unpaired) electrons. The Kier molecular flexibility index (Phi) is 12.4. The van der Waals surface area contributed by atoms with Gasteiger partial charge in [0.05, 0.1) is 15.4 Å². The topological polar surface area (TPSA) is 185 Å². The molecule has 3 heterocycles. The molecule has 2 fully saturated rings. The van der Waals surface area contributed by atoms with Gasteiger partial charge >= 0.3 is 0 Å². The summed E-state index contributed by atoms with van der Waals surface area (Å²) in [6.07, 6.45) is 6.12. The zero-order valence-corrected chi connectivity index (χ0v) is 36.5. The number of allylic oxidation sites excluding steroid dienone is 1. The first-order valence-corrected chi connectivity index (χ1v) is 22.8. The van der Waals surface area contributed by atoms with E-state index in [4.69, 9.17) is 26.8 Å². The molecule has 0 saturated carbocycles. The van der Waals surface area contributed by atoms with Crippen molar-refractivity contribution >= 4 is 61.1 Å². The van der Waals surface area contributed by atoms with Crippen molar-refractivity contribution in [1.29, 1.82) is 0 Å². The van der Waals surface area contributed by atoms with Crippen LogP contribution in [0.25, 0.3) is 16.5 Å². The minimum atomic E-state index is -4.58. The highest BCUT2D eigenvalue weighted by Gasteiger charge is 2.32. The van der Waals surface area contributed by atoms with E-state index in [1.165, 1.54) is 28.8 Å². The number of nitrogens with one attached hydrogen (secondary N) is 3. The fraction of sp³-hybridized carbons (Fsp3) is 0.370. The number of halogens is 1. The van der Waals surface area contributed by atoms with Crippen molar-refractivity contribution in [1.82, 2.24) is 14.6 Å².